The molecule has 0 radical (unpaired) electrons. The fourth-order valence-electron chi connectivity index (χ4n) is 3.65. The van der Waals surface area contributed by atoms with Crippen molar-refractivity contribution >= 4 is 27.5 Å². The molecule has 2 atom stereocenters. The maximum Gasteiger partial charge on any atom is 0.262 e. The number of hydrogen-bond acceptors (Lipinski definition) is 4. The van der Waals surface area contributed by atoms with Gasteiger partial charge in [-0.15, -0.1) is 11.3 Å². The molecular formula is C18H23N3O2S. The Balaban J connectivity index is 1.61. The lowest BCUT2D eigenvalue weighted by Gasteiger charge is -2.17. The van der Waals surface area contributed by atoms with Crippen molar-refractivity contribution < 1.29 is 4.79 Å². The molecule has 0 aromatic carbocycles. The van der Waals surface area contributed by atoms with E-state index < -0.39 is 0 Å². The van der Waals surface area contributed by atoms with Crippen molar-refractivity contribution in [1.82, 2.24) is 14.9 Å². The zero-order chi connectivity index (χ0) is 16.8. The van der Waals surface area contributed by atoms with E-state index in [0.29, 0.717) is 11.8 Å². The molecule has 2 aliphatic carbocycles. The van der Waals surface area contributed by atoms with Gasteiger partial charge in [0.1, 0.15) is 11.4 Å². The summed E-state index contributed by atoms with van der Waals surface area (Å²) < 4.78 is 1.46. The highest BCUT2D eigenvalue weighted by atomic mass is 32.1. The second-order valence-corrected chi connectivity index (χ2v) is 8.49. The van der Waals surface area contributed by atoms with Gasteiger partial charge in [0, 0.05) is 10.9 Å². The number of aromatic nitrogens is 2. The number of thiophene rings is 1. The number of fused-ring (bicyclic) bond motifs is 3. The van der Waals surface area contributed by atoms with Gasteiger partial charge < -0.3 is 5.32 Å². The molecule has 0 aliphatic heterocycles. The number of nitrogens with zero attached hydrogens (tertiary/aromatic N) is 2. The van der Waals surface area contributed by atoms with Gasteiger partial charge >= 0.3 is 0 Å². The number of carbonyl (C=O) groups is 1. The Morgan fingerprint density at radius 3 is 3.00 bits per heavy atom. The molecule has 1 N–H and O–H groups in total. The SMILES string of the molecule is C[C@@H]1CCc2c(sc3ncn(CC(=O)N[C@H](C)C4CC4)c(=O)c23)C1. The molecule has 2 heterocycles. The summed E-state index contributed by atoms with van der Waals surface area (Å²) in [7, 11) is 0. The van der Waals surface area contributed by atoms with Gasteiger partial charge in [0.25, 0.3) is 5.56 Å². The number of hydrogen-bond donors (Lipinski definition) is 1. The average molecular weight is 345 g/mol. The molecule has 2 aromatic heterocycles. The third kappa shape index (κ3) is 2.88. The first-order chi connectivity index (χ1) is 11.5. The summed E-state index contributed by atoms with van der Waals surface area (Å²) in [6.45, 7) is 4.35. The van der Waals surface area contributed by atoms with E-state index in [9.17, 15) is 9.59 Å². The van der Waals surface area contributed by atoms with Crippen LogP contribution in [0.4, 0.5) is 0 Å². The van der Waals surface area contributed by atoms with E-state index in [1.165, 1.54) is 34.2 Å². The summed E-state index contributed by atoms with van der Waals surface area (Å²) in [4.78, 5) is 31.7. The molecule has 2 aromatic rings. The standard InChI is InChI=1S/C18H23N3O2S/c1-10-3-6-13-14(7-10)24-17-16(13)18(23)21(9-19-17)8-15(22)20-11(2)12-4-5-12/h9-12H,3-8H2,1-2H3,(H,20,22)/t10-,11-/m1/s1. The molecule has 1 saturated carbocycles. The van der Waals surface area contributed by atoms with Crippen molar-refractivity contribution in [3.05, 3.63) is 27.1 Å². The summed E-state index contributed by atoms with van der Waals surface area (Å²) in [6, 6.07) is 0.195. The predicted molar refractivity (Wildman–Crippen MR) is 95.4 cm³/mol. The van der Waals surface area contributed by atoms with Crippen molar-refractivity contribution in [2.45, 2.75) is 58.5 Å². The monoisotopic (exact) mass is 345 g/mol. The summed E-state index contributed by atoms with van der Waals surface area (Å²) in [5.41, 5.74) is 1.10. The molecular weight excluding hydrogens is 322 g/mol. The Bertz CT molecular complexity index is 850. The van der Waals surface area contributed by atoms with Crippen molar-refractivity contribution in [2.24, 2.45) is 11.8 Å². The van der Waals surface area contributed by atoms with Gasteiger partial charge in [0.05, 0.1) is 11.7 Å². The number of aryl methyl sites for hydroxylation is 1. The highest BCUT2D eigenvalue weighted by Gasteiger charge is 2.29. The van der Waals surface area contributed by atoms with Crippen LogP contribution in [0.25, 0.3) is 10.2 Å². The lowest BCUT2D eigenvalue weighted by atomic mass is 9.89. The van der Waals surface area contributed by atoms with Gasteiger partial charge in [-0.25, -0.2) is 4.98 Å². The molecule has 6 heteroatoms. The Kier molecular flexibility index (Phi) is 3.95. The van der Waals surface area contributed by atoms with E-state index in [0.717, 1.165) is 29.5 Å². The topological polar surface area (TPSA) is 64.0 Å². The zero-order valence-corrected chi connectivity index (χ0v) is 15.0. The van der Waals surface area contributed by atoms with Crippen LogP contribution in [-0.4, -0.2) is 21.5 Å². The largest absolute Gasteiger partial charge is 0.352 e. The molecule has 4 rings (SSSR count). The van der Waals surface area contributed by atoms with Crippen LogP contribution in [0.2, 0.25) is 0 Å². The molecule has 0 saturated heterocycles. The molecule has 24 heavy (non-hydrogen) atoms. The van der Waals surface area contributed by atoms with Crippen LogP contribution < -0.4 is 10.9 Å². The number of rotatable bonds is 4. The summed E-state index contributed by atoms with van der Waals surface area (Å²) >= 11 is 1.64. The van der Waals surface area contributed by atoms with Crippen LogP contribution in [0.5, 0.6) is 0 Å². The lowest BCUT2D eigenvalue weighted by Crippen LogP contribution is -2.38. The third-order valence-corrected chi connectivity index (χ3v) is 6.48. The van der Waals surface area contributed by atoms with Crippen LogP contribution in [0.1, 0.15) is 43.6 Å². The van der Waals surface area contributed by atoms with E-state index in [1.54, 1.807) is 11.3 Å². The third-order valence-electron chi connectivity index (χ3n) is 5.31. The van der Waals surface area contributed by atoms with E-state index in [4.69, 9.17) is 0 Å². The van der Waals surface area contributed by atoms with Crippen LogP contribution in [-0.2, 0) is 24.2 Å². The fraction of sp³-hybridized carbons (Fsp3) is 0.611. The van der Waals surface area contributed by atoms with Crippen LogP contribution in [0.15, 0.2) is 11.1 Å². The zero-order valence-electron chi connectivity index (χ0n) is 14.2. The molecule has 1 fully saturated rings. The second kappa shape index (κ2) is 5.99. The minimum atomic E-state index is -0.102. The molecule has 0 spiro atoms. The van der Waals surface area contributed by atoms with Crippen molar-refractivity contribution in [3.63, 3.8) is 0 Å². The van der Waals surface area contributed by atoms with Gasteiger partial charge in [-0.3, -0.25) is 14.2 Å². The summed E-state index contributed by atoms with van der Waals surface area (Å²) in [6.07, 6.45) is 7.00. The van der Waals surface area contributed by atoms with Crippen LogP contribution in [0, 0.1) is 11.8 Å². The molecule has 2 aliphatic rings. The van der Waals surface area contributed by atoms with Crippen LogP contribution >= 0.6 is 11.3 Å². The first-order valence-corrected chi connectivity index (χ1v) is 9.63. The molecule has 1 amide bonds. The molecule has 0 unspecified atom stereocenters. The Morgan fingerprint density at radius 1 is 1.46 bits per heavy atom. The quantitative estimate of drug-likeness (QED) is 0.926. The molecule has 0 bridgehead atoms. The maximum atomic E-state index is 12.9. The van der Waals surface area contributed by atoms with E-state index in [1.807, 2.05) is 6.92 Å². The minimum absolute atomic E-state index is 0.0554. The smallest absolute Gasteiger partial charge is 0.262 e. The number of carbonyl (C=O) groups excluding carboxylic acids is 1. The number of amides is 1. The minimum Gasteiger partial charge on any atom is -0.352 e. The van der Waals surface area contributed by atoms with Gasteiger partial charge in [0.2, 0.25) is 5.91 Å². The van der Waals surface area contributed by atoms with Gasteiger partial charge in [-0.05, 0) is 56.4 Å². The van der Waals surface area contributed by atoms with Crippen molar-refractivity contribution in [3.8, 4) is 0 Å². The summed E-state index contributed by atoms with van der Waals surface area (Å²) in [5.74, 6) is 1.18. The highest BCUT2D eigenvalue weighted by molar-refractivity contribution is 7.18. The van der Waals surface area contributed by atoms with E-state index >= 15 is 0 Å². The maximum absolute atomic E-state index is 12.9. The first kappa shape index (κ1) is 15.8. The van der Waals surface area contributed by atoms with Crippen molar-refractivity contribution in [2.75, 3.05) is 0 Å². The van der Waals surface area contributed by atoms with E-state index in [-0.39, 0.29) is 24.1 Å². The van der Waals surface area contributed by atoms with E-state index in [2.05, 4.69) is 17.2 Å². The number of nitrogens with one attached hydrogen (secondary N) is 1. The van der Waals surface area contributed by atoms with Gasteiger partial charge in [-0.2, -0.15) is 0 Å². The fourth-order valence-corrected chi connectivity index (χ4v) is 4.99. The van der Waals surface area contributed by atoms with Crippen molar-refractivity contribution in [1.29, 1.82) is 0 Å². The van der Waals surface area contributed by atoms with Gasteiger partial charge in [0.15, 0.2) is 0 Å². The van der Waals surface area contributed by atoms with Crippen LogP contribution in [0.3, 0.4) is 0 Å². The lowest BCUT2D eigenvalue weighted by molar-refractivity contribution is -0.122. The Hall–Kier alpha value is -1.69. The average Bonchev–Trinajstić information content (AvgIpc) is 3.31. The molecule has 128 valence electrons. The Morgan fingerprint density at radius 2 is 2.25 bits per heavy atom. The highest BCUT2D eigenvalue weighted by Crippen LogP contribution is 2.35. The summed E-state index contributed by atoms with van der Waals surface area (Å²) in [5, 5.41) is 3.75. The second-order valence-electron chi connectivity index (χ2n) is 7.40. The Labute approximate surface area is 145 Å². The first-order valence-electron chi connectivity index (χ1n) is 8.82. The molecule has 5 nitrogen and oxygen atoms in total. The predicted octanol–water partition coefficient (Wildman–Crippen LogP) is 2.50. The van der Waals surface area contributed by atoms with Gasteiger partial charge in [-0.1, -0.05) is 6.92 Å². The normalized spacial score (nSPS) is 21.5.